The molecule has 1 heterocycles. The third kappa shape index (κ3) is 1.39. The Bertz CT molecular complexity index is 635. The number of nitrogens with zero attached hydrogens (tertiary/aromatic N) is 1. The molecule has 0 amide bonds. The molecular weight excluding hydrogens is 198 g/mol. The second-order valence-electron chi connectivity index (χ2n) is 3.82. The molecule has 0 radical (unpaired) electrons. The summed E-state index contributed by atoms with van der Waals surface area (Å²) in [6, 6.07) is 14.4. The van der Waals surface area contributed by atoms with Crippen LogP contribution in [0.15, 0.2) is 53.1 Å². The van der Waals surface area contributed by atoms with Gasteiger partial charge in [0.05, 0.1) is 5.69 Å². The maximum atomic E-state index is 5.45. The summed E-state index contributed by atoms with van der Waals surface area (Å²) in [6.07, 6.45) is 1.68. The zero-order valence-corrected chi connectivity index (χ0v) is 8.97. The molecule has 0 fully saturated rings. The maximum absolute atomic E-state index is 5.45. The minimum Gasteiger partial charge on any atom is -0.444 e. The molecule has 0 aliphatic rings. The molecule has 2 heteroatoms. The van der Waals surface area contributed by atoms with E-state index in [9.17, 15) is 0 Å². The first-order valence-corrected chi connectivity index (χ1v) is 5.25. The summed E-state index contributed by atoms with van der Waals surface area (Å²) in [5, 5.41) is 2.38. The molecule has 0 spiro atoms. The standard InChI is InChI=1S/C14H11NO/c1-10-9-16-14(15-10)13-8-4-6-11-5-2-3-7-12(11)13/h2-9H,1H3. The van der Waals surface area contributed by atoms with Crippen LogP contribution in [0.3, 0.4) is 0 Å². The molecule has 0 bridgehead atoms. The van der Waals surface area contributed by atoms with Gasteiger partial charge in [-0.1, -0.05) is 36.4 Å². The largest absolute Gasteiger partial charge is 0.444 e. The van der Waals surface area contributed by atoms with Crippen molar-refractivity contribution in [2.24, 2.45) is 0 Å². The minimum atomic E-state index is 0.689. The molecule has 0 aliphatic heterocycles. The number of rotatable bonds is 1. The summed E-state index contributed by atoms with van der Waals surface area (Å²) in [6.45, 7) is 1.93. The SMILES string of the molecule is Cc1coc(-c2cccc3ccccc23)n1. The van der Waals surface area contributed by atoms with E-state index in [0.717, 1.165) is 11.3 Å². The lowest BCUT2D eigenvalue weighted by molar-refractivity contribution is 0.574. The fraction of sp³-hybridized carbons (Fsp3) is 0.0714. The first-order valence-electron chi connectivity index (χ1n) is 5.25. The second kappa shape index (κ2) is 3.49. The highest BCUT2D eigenvalue weighted by Gasteiger charge is 2.07. The molecule has 1 aromatic heterocycles. The molecule has 2 nitrogen and oxygen atoms in total. The average molecular weight is 209 g/mol. The molecule has 78 valence electrons. The van der Waals surface area contributed by atoms with E-state index >= 15 is 0 Å². The Morgan fingerprint density at radius 1 is 1.00 bits per heavy atom. The van der Waals surface area contributed by atoms with E-state index in [1.807, 2.05) is 31.2 Å². The fourth-order valence-electron chi connectivity index (χ4n) is 1.89. The predicted molar refractivity (Wildman–Crippen MR) is 64.2 cm³/mol. The number of aromatic nitrogens is 1. The van der Waals surface area contributed by atoms with Gasteiger partial charge in [-0.2, -0.15) is 0 Å². The van der Waals surface area contributed by atoms with Crippen molar-refractivity contribution in [1.82, 2.24) is 4.98 Å². The van der Waals surface area contributed by atoms with Gasteiger partial charge < -0.3 is 4.42 Å². The lowest BCUT2D eigenvalue weighted by Crippen LogP contribution is -1.81. The van der Waals surface area contributed by atoms with Crippen LogP contribution in [0.5, 0.6) is 0 Å². The van der Waals surface area contributed by atoms with Gasteiger partial charge in [0, 0.05) is 5.56 Å². The Morgan fingerprint density at radius 3 is 2.62 bits per heavy atom. The molecule has 3 rings (SSSR count). The van der Waals surface area contributed by atoms with Gasteiger partial charge in [-0.3, -0.25) is 0 Å². The number of benzene rings is 2. The number of hydrogen-bond acceptors (Lipinski definition) is 2. The van der Waals surface area contributed by atoms with Crippen LogP contribution in [0.25, 0.3) is 22.2 Å². The van der Waals surface area contributed by atoms with Crippen LogP contribution in [0.1, 0.15) is 5.69 Å². The van der Waals surface area contributed by atoms with Gasteiger partial charge in [-0.25, -0.2) is 4.98 Å². The molecular formula is C14H11NO. The Kier molecular flexibility index (Phi) is 2.00. The van der Waals surface area contributed by atoms with Gasteiger partial charge in [-0.05, 0) is 23.8 Å². The molecule has 2 aromatic carbocycles. The lowest BCUT2D eigenvalue weighted by Gasteiger charge is -2.01. The van der Waals surface area contributed by atoms with Gasteiger partial charge in [0.25, 0.3) is 0 Å². The van der Waals surface area contributed by atoms with E-state index in [0.29, 0.717) is 5.89 Å². The fourth-order valence-corrected chi connectivity index (χ4v) is 1.89. The average Bonchev–Trinajstić information content (AvgIpc) is 2.75. The Labute approximate surface area is 93.5 Å². The van der Waals surface area contributed by atoms with E-state index in [2.05, 4.69) is 23.2 Å². The van der Waals surface area contributed by atoms with Crippen molar-refractivity contribution in [2.45, 2.75) is 6.92 Å². The van der Waals surface area contributed by atoms with Crippen molar-refractivity contribution in [1.29, 1.82) is 0 Å². The number of oxazole rings is 1. The van der Waals surface area contributed by atoms with E-state index in [1.54, 1.807) is 6.26 Å². The summed E-state index contributed by atoms with van der Waals surface area (Å²) in [5.41, 5.74) is 1.95. The third-order valence-corrected chi connectivity index (χ3v) is 2.64. The Balaban J connectivity index is 2.31. The summed E-state index contributed by atoms with van der Waals surface area (Å²) in [7, 11) is 0. The number of fused-ring (bicyclic) bond motifs is 1. The van der Waals surface area contributed by atoms with Gasteiger partial charge in [0.2, 0.25) is 5.89 Å². The van der Waals surface area contributed by atoms with Crippen molar-refractivity contribution >= 4 is 10.8 Å². The van der Waals surface area contributed by atoms with Crippen LogP contribution in [-0.4, -0.2) is 4.98 Å². The van der Waals surface area contributed by atoms with Crippen LogP contribution in [-0.2, 0) is 0 Å². The van der Waals surface area contributed by atoms with Crippen LogP contribution in [0.2, 0.25) is 0 Å². The normalized spacial score (nSPS) is 10.8. The lowest BCUT2D eigenvalue weighted by atomic mass is 10.0. The molecule has 3 aromatic rings. The first kappa shape index (κ1) is 9.16. The maximum Gasteiger partial charge on any atom is 0.226 e. The van der Waals surface area contributed by atoms with Crippen LogP contribution in [0.4, 0.5) is 0 Å². The highest BCUT2D eigenvalue weighted by atomic mass is 16.3. The topological polar surface area (TPSA) is 26.0 Å². The summed E-state index contributed by atoms with van der Waals surface area (Å²) in [4.78, 5) is 4.36. The highest BCUT2D eigenvalue weighted by molar-refractivity contribution is 5.94. The van der Waals surface area contributed by atoms with E-state index in [1.165, 1.54) is 10.8 Å². The molecule has 0 saturated heterocycles. The zero-order valence-electron chi connectivity index (χ0n) is 8.97. The summed E-state index contributed by atoms with van der Waals surface area (Å²) in [5.74, 6) is 0.689. The van der Waals surface area contributed by atoms with E-state index in [4.69, 9.17) is 4.42 Å². The van der Waals surface area contributed by atoms with Crippen molar-refractivity contribution in [3.63, 3.8) is 0 Å². The molecule has 0 atom stereocenters. The first-order chi connectivity index (χ1) is 7.84. The third-order valence-electron chi connectivity index (χ3n) is 2.64. The van der Waals surface area contributed by atoms with E-state index in [-0.39, 0.29) is 0 Å². The van der Waals surface area contributed by atoms with Crippen LogP contribution >= 0.6 is 0 Å². The molecule has 16 heavy (non-hydrogen) atoms. The minimum absolute atomic E-state index is 0.689. The number of aryl methyl sites for hydroxylation is 1. The summed E-state index contributed by atoms with van der Waals surface area (Å²) < 4.78 is 5.45. The molecule has 0 N–H and O–H groups in total. The predicted octanol–water partition coefficient (Wildman–Crippen LogP) is 3.80. The Morgan fingerprint density at radius 2 is 1.81 bits per heavy atom. The second-order valence-corrected chi connectivity index (χ2v) is 3.82. The molecule has 0 saturated carbocycles. The molecule has 0 unspecified atom stereocenters. The molecule has 0 aliphatic carbocycles. The smallest absolute Gasteiger partial charge is 0.226 e. The van der Waals surface area contributed by atoms with Crippen LogP contribution < -0.4 is 0 Å². The van der Waals surface area contributed by atoms with Gasteiger partial charge in [0.1, 0.15) is 6.26 Å². The van der Waals surface area contributed by atoms with Crippen molar-refractivity contribution in [3.05, 3.63) is 54.4 Å². The van der Waals surface area contributed by atoms with Crippen molar-refractivity contribution < 1.29 is 4.42 Å². The van der Waals surface area contributed by atoms with Crippen molar-refractivity contribution in [2.75, 3.05) is 0 Å². The zero-order chi connectivity index (χ0) is 11.0. The highest BCUT2D eigenvalue weighted by Crippen LogP contribution is 2.27. The van der Waals surface area contributed by atoms with Gasteiger partial charge in [-0.15, -0.1) is 0 Å². The monoisotopic (exact) mass is 209 g/mol. The van der Waals surface area contributed by atoms with Gasteiger partial charge >= 0.3 is 0 Å². The number of hydrogen-bond donors (Lipinski definition) is 0. The van der Waals surface area contributed by atoms with Crippen LogP contribution in [0, 0.1) is 6.92 Å². The van der Waals surface area contributed by atoms with Gasteiger partial charge in [0.15, 0.2) is 0 Å². The quantitative estimate of drug-likeness (QED) is 0.609. The summed E-state index contributed by atoms with van der Waals surface area (Å²) >= 11 is 0. The van der Waals surface area contributed by atoms with Crippen molar-refractivity contribution in [3.8, 4) is 11.5 Å². The Hall–Kier alpha value is -2.09. The van der Waals surface area contributed by atoms with E-state index < -0.39 is 0 Å².